The largest absolute Gasteiger partial charge is 0.398 e. The summed E-state index contributed by atoms with van der Waals surface area (Å²) >= 11 is 1.21. The molecule has 1 heterocycles. The molecule has 2 rings (SSSR count). The number of nitrogens with one attached hydrogen (secondary N) is 2. The number of nitrogen functional groups attached to an aromatic ring is 1. The predicted molar refractivity (Wildman–Crippen MR) is 83.5 cm³/mol. The molecular weight excluding hydrogens is 290 g/mol. The maximum absolute atomic E-state index is 12.0. The number of nitrogens with two attached hydrogens (primary N) is 1. The molecule has 0 radical (unpaired) electrons. The van der Waals surface area contributed by atoms with Crippen molar-refractivity contribution in [2.24, 2.45) is 0 Å². The van der Waals surface area contributed by atoms with Crippen LogP contribution < -0.4 is 16.7 Å². The number of thioether (sulfide) groups is 1. The molecule has 1 amide bonds. The number of hydrogen-bond donors (Lipinski definition) is 3. The van der Waals surface area contributed by atoms with Gasteiger partial charge in [0.15, 0.2) is 5.16 Å². The van der Waals surface area contributed by atoms with Crippen molar-refractivity contribution in [2.45, 2.75) is 25.5 Å². The smallest absolute Gasteiger partial charge is 0.343 e. The van der Waals surface area contributed by atoms with Crippen LogP contribution in [0.1, 0.15) is 12.5 Å². The first kappa shape index (κ1) is 15.2. The van der Waals surface area contributed by atoms with E-state index in [1.54, 1.807) is 18.2 Å². The van der Waals surface area contributed by atoms with Crippen molar-refractivity contribution in [1.82, 2.24) is 14.8 Å². The Kier molecular flexibility index (Phi) is 4.69. The van der Waals surface area contributed by atoms with E-state index in [2.05, 4.69) is 15.5 Å². The second kappa shape index (κ2) is 6.49. The Morgan fingerprint density at radius 1 is 1.52 bits per heavy atom. The van der Waals surface area contributed by atoms with Gasteiger partial charge in [0.1, 0.15) is 0 Å². The van der Waals surface area contributed by atoms with Crippen LogP contribution in [0.4, 0.5) is 11.4 Å². The molecule has 0 saturated heterocycles. The standard InChI is InChI=1S/C13H17N5O2S/c1-3-18-12(20)16-17-13(18)21-7-11(19)15-10-6-4-5-9(14)8(10)2/h4-6H,3,7,14H2,1-2H3,(H,15,19)(H,16,20). The van der Waals surface area contributed by atoms with Crippen LogP contribution in [0.2, 0.25) is 0 Å². The lowest BCUT2D eigenvalue weighted by atomic mass is 10.1. The van der Waals surface area contributed by atoms with Gasteiger partial charge >= 0.3 is 5.69 Å². The van der Waals surface area contributed by atoms with E-state index < -0.39 is 0 Å². The fourth-order valence-corrected chi connectivity index (χ4v) is 2.61. The van der Waals surface area contributed by atoms with E-state index >= 15 is 0 Å². The summed E-state index contributed by atoms with van der Waals surface area (Å²) in [5.41, 5.74) is 7.68. The highest BCUT2D eigenvalue weighted by Crippen LogP contribution is 2.21. The highest BCUT2D eigenvalue weighted by molar-refractivity contribution is 7.99. The van der Waals surface area contributed by atoms with Crippen molar-refractivity contribution >= 4 is 29.0 Å². The Bertz CT molecular complexity index is 707. The zero-order valence-corrected chi connectivity index (χ0v) is 12.7. The minimum absolute atomic E-state index is 0.165. The number of aromatic nitrogens is 3. The zero-order valence-electron chi connectivity index (χ0n) is 11.8. The number of amides is 1. The van der Waals surface area contributed by atoms with Crippen molar-refractivity contribution in [3.05, 3.63) is 34.2 Å². The van der Waals surface area contributed by atoms with Gasteiger partial charge in [0.05, 0.1) is 5.75 Å². The van der Waals surface area contributed by atoms with Gasteiger partial charge in [0.2, 0.25) is 5.91 Å². The second-order valence-electron chi connectivity index (χ2n) is 4.41. The third kappa shape index (κ3) is 3.46. The number of hydrogen-bond acceptors (Lipinski definition) is 5. The van der Waals surface area contributed by atoms with E-state index in [0.717, 1.165) is 5.56 Å². The number of benzene rings is 1. The molecule has 0 aliphatic carbocycles. The molecule has 0 aliphatic heterocycles. The summed E-state index contributed by atoms with van der Waals surface area (Å²) in [7, 11) is 0. The van der Waals surface area contributed by atoms with Gasteiger partial charge in [-0.05, 0) is 31.5 Å². The lowest BCUT2D eigenvalue weighted by molar-refractivity contribution is -0.113. The van der Waals surface area contributed by atoms with Crippen LogP contribution in [-0.2, 0) is 11.3 Å². The predicted octanol–water partition coefficient (Wildman–Crippen LogP) is 1.21. The summed E-state index contributed by atoms with van der Waals surface area (Å²) in [4.78, 5) is 23.4. The molecule has 112 valence electrons. The molecule has 0 bridgehead atoms. The summed E-state index contributed by atoms with van der Waals surface area (Å²) in [5, 5.41) is 9.55. The third-order valence-electron chi connectivity index (χ3n) is 3.02. The van der Waals surface area contributed by atoms with Crippen LogP contribution in [0.3, 0.4) is 0 Å². The van der Waals surface area contributed by atoms with E-state index in [-0.39, 0.29) is 17.3 Å². The van der Waals surface area contributed by atoms with E-state index in [4.69, 9.17) is 5.73 Å². The Balaban J connectivity index is 1.99. The fraction of sp³-hybridized carbons (Fsp3) is 0.308. The minimum Gasteiger partial charge on any atom is -0.398 e. The molecule has 0 atom stereocenters. The summed E-state index contributed by atoms with van der Waals surface area (Å²) in [6, 6.07) is 5.36. The van der Waals surface area contributed by atoms with Crippen LogP contribution >= 0.6 is 11.8 Å². The van der Waals surface area contributed by atoms with E-state index in [9.17, 15) is 9.59 Å². The zero-order chi connectivity index (χ0) is 15.4. The van der Waals surface area contributed by atoms with Crippen molar-refractivity contribution in [2.75, 3.05) is 16.8 Å². The van der Waals surface area contributed by atoms with Crippen LogP contribution in [0.25, 0.3) is 0 Å². The highest BCUT2D eigenvalue weighted by atomic mass is 32.2. The number of rotatable bonds is 5. The van der Waals surface area contributed by atoms with Gasteiger partial charge in [0, 0.05) is 17.9 Å². The number of nitrogens with zero attached hydrogens (tertiary/aromatic N) is 2. The molecule has 0 aliphatic rings. The molecular formula is C13H17N5O2S. The molecule has 0 spiro atoms. The van der Waals surface area contributed by atoms with Crippen LogP contribution in [0, 0.1) is 6.92 Å². The van der Waals surface area contributed by atoms with Gasteiger partial charge in [0.25, 0.3) is 0 Å². The van der Waals surface area contributed by atoms with Gasteiger partial charge in [-0.1, -0.05) is 17.8 Å². The normalized spacial score (nSPS) is 10.6. The molecule has 1 aromatic carbocycles. The highest BCUT2D eigenvalue weighted by Gasteiger charge is 2.11. The van der Waals surface area contributed by atoms with Crippen molar-refractivity contribution < 1.29 is 4.79 Å². The first-order valence-corrected chi connectivity index (χ1v) is 7.44. The summed E-state index contributed by atoms with van der Waals surface area (Å²) in [6.45, 7) is 4.20. The van der Waals surface area contributed by atoms with Crippen molar-refractivity contribution in [1.29, 1.82) is 0 Å². The molecule has 0 unspecified atom stereocenters. The molecule has 8 heteroatoms. The second-order valence-corrected chi connectivity index (χ2v) is 5.35. The topological polar surface area (TPSA) is 106 Å². The monoisotopic (exact) mass is 307 g/mol. The quantitative estimate of drug-likeness (QED) is 0.569. The van der Waals surface area contributed by atoms with Gasteiger partial charge in [-0.25, -0.2) is 9.89 Å². The Labute approximate surface area is 125 Å². The number of aromatic amines is 1. The molecule has 0 saturated carbocycles. The lowest BCUT2D eigenvalue weighted by Crippen LogP contribution is -2.18. The summed E-state index contributed by atoms with van der Waals surface area (Å²) < 4.78 is 1.48. The number of carbonyl (C=O) groups is 1. The Morgan fingerprint density at radius 3 is 3.00 bits per heavy atom. The molecule has 21 heavy (non-hydrogen) atoms. The molecule has 2 aromatic rings. The average molecular weight is 307 g/mol. The van der Waals surface area contributed by atoms with Gasteiger partial charge in [-0.15, -0.1) is 5.10 Å². The molecule has 7 nitrogen and oxygen atoms in total. The maximum atomic E-state index is 12.0. The molecule has 1 aromatic heterocycles. The number of H-pyrrole nitrogens is 1. The summed E-state index contributed by atoms with van der Waals surface area (Å²) in [6.07, 6.45) is 0. The SMILES string of the molecule is CCn1c(SCC(=O)Nc2cccc(N)c2C)n[nH]c1=O. The van der Waals surface area contributed by atoms with E-state index in [0.29, 0.717) is 23.1 Å². The molecule has 0 fully saturated rings. The molecule has 4 N–H and O–H groups in total. The third-order valence-corrected chi connectivity index (χ3v) is 4.00. The van der Waals surface area contributed by atoms with Crippen LogP contribution in [0.15, 0.2) is 28.2 Å². The van der Waals surface area contributed by atoms with Crippen LogP contribution in [-0.4, -0.2) is 26.4 Å². The first-order chi connectivity index (χ1) is 10.0. The average Bonchev–Trinajstić information content (AvgIpc) is 2.82. The van der Waals surface area contributed by atoms with Crippen molar-refractivity contribution in [3.63, 3.8) is 0 Å². The fourth-order valence-electron chi connectivity index (χ4n) is 1.80. The number of anilines is 2. The lowest BCUT2D eigenvalue weighted by Gasteiger charge is -2.09. The van der Waals surface area contributed by atoms with Crippen molar-refractivity contribution in [3.8, 4) is 0 Å². The Morgan fingerprint density at radius 2 is 2.29 bits per heavy atom. The minimum atomic E-state index is -0.271. The van der Waals surface area contributed by atoms with Crippen LogP contribution in [0.5, 0.6) is 0 Å². The first-order valence-electron chi connectivity index (χ1n) is 6.46. The van der Waals surface area contributed by atoms with Gasteiger partial charge < -0.3 is 11.1 Å². The van der Waals surface area contributed by atoms with Gasteiger partial charge in [-0.3, -0.25) is 9.36 Å². The van der Waals surface area contributed by atoms with E-state index in [1.165, 1.54) is 16.3 Å². The Hall–Kier alpha value is -2.22. The number of carbonyl (C=O) groups excluding carboxylic acids is 1. The summed E-state index contributed by atoms with van der Waals surface area (Å²) in [5.74, 6) is -0.00905. The van der Waals surface area contributed by atoms with Gasteiger partial charge in [-0.2, -0.15) is 0 Å². The van der Waals surface area contributed by atoms with E-state index in [1.807, 2.05) is 13.8 Å². The maximum Gasteiger partial charge on any atom is 0.343 e.